The maximum Gasteiger partial charge on any atom is 0.191 e. The normalized spacial score (nSPS) is 10.6. The summed E-state index contributed by atoms with van der Waals surface area (Å²) in [5, 5.41) is 9.12. The molecule has 8 heteroatoms. The van der Waals surface area contributed by atoms with Crippen molar-refractivity contribution in [2.75, 3.05) is 27.1 Å². The van der Waals surface area contributed by atoms with Gasteiger partial charge < -0.3 is 18.8 Å². The van der Waals surface area contributed by atoms with Crippen LogP contribution in [0, 0.1) is 0 Å². The van der Waals surface area contributed by atoms with Gasteiger partial charge in [0, 0.05) is 7.05 Å². The fourth-order valence-electron chi connectivity index (χ4n) is 2.74. The first-order chi connectivity index (χ1) is 13.6. The lowest BCUT2D eigenvalue weighted by atomic mass is 10.1. The minimum atomic E-state index is -0.0809. The summed E-state index contributed by atoms with van der Waals surface area (Å²) in [7, 11) is 6.57. The summed E-state index contributed by atoms with van der Waals surface area (Å²) in [4.78, 5) is 12.7. The van der Waals surface area contributed by atoms with E-state index in [-0.39, 0.29) is 11.5 Å². The van der Waals surface area contributed by atoms with Crippen LogP contribution in [0.5, 0.6) is 17.2 Å². The van der Waals surface area contributed by atoms with Gasteiger partial charge in [-0.05, 0) is 30.3 Å². The zero-order valence-electron chi connectivity index (χ0n) is 16.1. The number of hydrogen-bond acceptors (Lipinski definition) is 7. The number of rotatable bonds is 8. The number of benzene rings is 2. The second-order valence-corrected chi connectivity index (χ2v) is 6.79. The Morgan fingerprint density at radius 1 is 1.00 bits per heavy atom. The van der Waals surface area contributed by atoms with E-state index >= 15 is 0 Å². The van der Waals surface area contributed by atoms with Crippen molar-refractivity contribution >= 4 is 17.5 Å². The highest BCUT2D eigenvalue weighted by Crippen LogP contribution is 2.31. The van der Waals surface area contributed by atoms with Crippen LogP contribution in [0.1, 0.15) is 10.4 Å². The lowest BCUT2D eigenvalue weighted by Crippen LogP contribution is -2.06. The van der Waals surface area contributed by atoms with Crippen molar-refractivity contribution in [3.8, 4) is 28.6 Å². The highest BCUT2D eigenvalue weighted by Gasteiger charge is 2.18. The van der Waals surface area contributed by atoms with Crippen molar-refractivity contribution in [1.29, 1.82) is 0 Å². The van der Waals surface area contributed by atoms with E-state index in [4.69, 9.17) is 14.2 Å². The molecule has 0 aliphatic heterocycles. The van der Waals surface area contributed by atoms with E-state index in [2.05, 4.69) is 10.2 Å². The Hall–Kier alpha value is -3.00. The van der Waals surface area contributed by atoms with Gasteiger partial charge in [-0.3, -0.25) is 4.79 Å². The van der Waals surface area contributed by atoms with E-state index in [1.165, 1.54) is 18.9 Å². The van der Waals surface area contributed by atoms with Gasteiger partial charge in [-0.1, -0.05) is 23.9 Å². The van der Waals surface area contributed by atoms with Crippen molar-refractivity contribution in [1.82, 2.24) is 14.8 Å². The van der Waals surface area contributed by atoms with Gasteiger partial charge in [0.25, 0.3) is 0 Å². The van der Waals surface area contributed by atoms with Crippen molar-refractivity contribution < 1.29 is 19.0 Å². The molecular formula is C20H21N3O4S. The zero-order chi connectivity index (χ0) is 20.1. The molecule has 0 saturated heterocycles. The molecule has 7 nitrogen and oxygen atoms in total. The summed E-state index contributed by atoms with van der Waals surface area (Å²) in [6, 6.07) is 12.8. The maximum absolute atomic E-state index is 12.7. The Morgan fingerprint density at radius 3 is 2.46 bits per heavy atom. The van der Waals surface area contributed by atoms with Crippen LogP contribution in [0.2, 0.25) is 0 Å². The number of nitrogens with zero attached hydrogens (tertiary/aromatic N) is 3. The Balaban J connectivity index is 1.79. The van der Waals surface area contributed by atoms with Gasteiger partial charge in [0.05, 0.1) is 38.2 Å². The van der Waals surface area contributed by atoms with Gasteiger partial charge in [-0.25, -0.2) is 0 Å². The minimum Gasteiger partial charge on any atom is -0.497 e. The van der Waals surface area contributed by atoms with Crippen LogP contribution in [0.3, 0.4) is 0 Å². The molecule has 1 heterocycles. The third-order valence-corrected chi connectivity index (χ3v) is 5.24. The number of hydrogen-bond donors (Lipinski definition) is 0. The Morgan fingerprint density at radius 2 is 1.75 bits per heavy atom. The maximum atomic E-state index is 12.7. The number of Topliss-reactive ketones (excluding diaryl/α,β-unsaturated/α-hetero) is 1. The first kappa shape index (κ1) is 19.8. The molecule has 0 unspecified atom stereocenters. The van der Waals surface area contributed by atoms with E-state index in [1.807, 2.05) is 35.9 Å². The van der Waals surface area contributed by atoms with Crippen molar-refractivity contribution in [2.45, 2.75) is 5.16 Å². The number of aromatic nitrogens is 3. The second kappa shape index (κ2) is 8.79. The lowest BCUT2D eigenvalue weighted by Gasteiger charge is -2.10. The average Bonchev–Trinajstić information content (AvgIpc) is 3.11. The van der Waals surface area contributed by atoms with E-state index in [0.717, 1.165) is 5.56 Å². The number of methoxy groups -OCH3 is 3. The van der Waals surface area contributed by atoms with Crippen molar-refractivity contribution in [3.05, 3.63) is 48.0 Å². The number of ketones is 1. The number of thioether (sulfide) groups is 1. The van der Waals surface area contributed by atoms with E-state index in [0.29, 0.717) is 33.8 Å². The van der Waals surface area contributed by atoms with Crippen LogP contribution in [-0.2, 0) is 7.05 Å². The predicted octanol–water partition coefficient (Wildman–Crippen LogP) is 3.48. The molecule has 0 aliphatic carbocycles. The molecule has 3 rings (SSSR count). The SMILES string of the molecule is COc1ccc(OC)c(C(=O)CSc2nnc(-c3ccccc3OC)n2C)c1. The monoisotopic (exact) mass is 399 g/mol. The molecule has 0 amide bonds. The summed E-state index contributed by atoms with van der Waals surface area (Å²) < 4.78 is 17.7. The third kappa shape index (κ3) is 3.96. The predicted molar refractivity (Wildman–Crippen MR) is 108 cm³/mol. The number of ether oxygens (including phenoxy) is 3. The van der Waals surface area contributed by atoms with Gasteiger partial charge in [0.2, 0.25) is 0 Å². The number of carbonyl (C=O) groups excluding carboxylic acids is 1. The molecule has 2 aromatic carbocycles. The Labute approximate surface area is 167 Å². The topological polar surface area (TPSA) is 75.5 Å². The highest BCUT2D eigenvalue weighted by molar-refractivity contribution is 7.99. The zero-order valence-corrected chi connectivity index (χ0v) is 16.9. The van der Waals surface area contributed by atoms with Crippen LogP contribution in [-0.4, -0.2) is 47.6 Å². The second-order valence-electron chi connectivity index (χ2n) is 5.84. The Kier molecular flexibility index (Phi) is 6.20. The van der Waals surface area contributed by atoms with Crippen LogP contribution >= 0.6 is 11.8 Å². The Bertz CT molecular complexity index is 987. The average molecular weight is 399 g/mol. The first-order valence-corrected chi connectivity index (χ1v) is 9.48. The molecule has 0 fully saturated rings. The third-order valence-electron chi connectivity index (χ3n) is 4.22. The first-order valence-electron chi connectivity index (χ1n) is 8.49. The summed E-state index contributed by atoms with van der Waals surface area (Å²) in [6.07, 6.45) is 0. The number of para-hydroxylation sites is 1. The van der Waals surface area contributed by atoms with Gasteiger partial charge in [-0.2, -0.15) is 0 Å². The molecule has 0 N–H and O–H groups in total. The number of carbonyl (C=O) groups is 1. The molecule has 146 valence electrons. The van der Waals surface area contributed by atoms with Gasteiger partial charge in [-0.15, -0.1) is 10.2 Å². The molecule has 0 spiro atoms. The largest absolute Gasteiger partial charge is 0.497 e. The molecule has 0 atom stereocenters. The standard InChI is InChI=1S/C20H21N3O4S/c1-23-19(14-7-5-6-8-17(14)26-3)21-22-20(23)28-12-16(24)15-11-13(25-2)9-10-18(15)27-4/h5-11H,12H2,1-4H3. The molecule has 0 aliphatic rings. The molecule has 0 saturated carbocycles. The van der Waals surface area contributed by atoms with Crippen LogP contribution in [0.4, 0.5) is 0 Å². The van der Waals surface area contributed by atoms with E-state index in [1.54, 1.807) is 32.4 Å². The molecule has 3 aromatic rings. The lowest BCUT2D eigenvalue weighted by molar-refractivity contribution is 0.101. The molecule has 0 radical (unpaired) electrons. The molecule has 0 bridgehead atoms. The van der Waals surface area contributed by atoms with Crippen molar-refractivity contribution in [2.24, 2.45) is 7.05 Å². The summed E-state index contributed by atoms with van der Waals surface area (Å²) in [6.45, 7) is 0. The van der Waals surface area contributed by atoms with Gasteiger partial charge in [0.1, 0.15) is 17.2 Å². The van der Waals surface area contributed by atoms with E-state index in [9.17, 15) is 4.79 Å². The highest BCUT2D eigenvalue weighted by atomic mass is 32.2. The fourth-order valence-corrected chi connectivity index (χ4v) is 3.54. The summed E-state index contributed by atoms with van der Waals surface area (Å²) in [5.74, 6) is 2.62. The van der Waals surface area contributed by atoms with Crippen molar-refractivity contribution in [3.63, 3.8) is 0 Å². The smallest absolute Gasteiger partial charge is 0.191 e. The molecule has 1 aromatic heterocycles. The summed E-state index contributed by atoms with van der Waals surface area (Å²) >= 11 is 1.31. The van der Waals surface area contributed by atoms with E-state index < -0.39 is 0 Å². The molecule has 28 heavy (non-hydrogen) atoms. The van der Waals surface area contributed by atoms with Gasteiger partial charge in [0.15, 0.2) is 16.8 Å². The minimum absolute atomic E-state index is 0.0809. The van der Waals surface area contributed by atoms with Crippen LogP contribution in [0.25, 0.3) is 11.4 Å². The van der Waals surface area contributed by atoms with Crippen LogP contribution < -0.4 is 14.2 Å². The summed E-state index contributed by atoms with van der Waals surface area (Å²) in [5.41, 5.74) is 1.31. The van der Waals surface area contributed by atoms with Gasteiger partial charge >= 0.3 is 0 Å². The fraction of sp³-hybridized carbons (Fsp3) is 0.250. The quantitative estimate of drug-likeness (QED) is 0.424. The molecular weight excluding hydrogens is 378 g/mol. The van der Waals surface area contributed by atoms with Crippen LogP contribution in [0.15, 0.2) is 47.6 Å².